The SMILES string of the molecule is C.O.O=CO.[C-]#[O+]. The third-order valence-electron chi connectivity index (χ3n) is 0. The van der Waals surface area contributed by atoms with Gasteiger partial charge in [0, 0.05) is 0 Å². The molecule has 0 spiro atoms. The van der Waals surface area contributed by atoms with E-state index in [0.717, 1.165) is 0 Å². The Morgan fingerprint density at radius 2 is 1.57 bits per heavy atom. The van der Waals surface area contributed by atoms with Gasteiger partial charge in [-0.2, -0.15) is 0 Å². The summed E-state index contributed by atoms with van der Waals surface area (Å²) in [5.41, 5.74) is 0. The summed E-state index contributed by atoms with van der Waals surface area (Å²) >= 11 is 0. The van der Waals surface area contributed by atoms with Gasteiger partial charge in [0.2, 0.25) is 0 Å². The van der Waals surface area contributed by atoms with Crippen molar-refractivity contribution in [1.29, 1.82) is 0 Å². The Labute approximate surface area is 41.8 Å². The Bertz CT molecular complexity index is 31.2. The van der Waals surface area contributed by atoms with Gasteiger partial charge >= 0.3 is 11.3 Å². The summed E-state index contributed by atoms with van der Waals surface area (Å²) in [4.78, 5) is 8.36. The molecule has 0 unspecified atom stereocenters. The van der Waals surface area contributed by atoms with Crippen LogP contribution in [0.25, 0.3) is 0 Å². The van der Waals surface area contributed by atoms with Gasteiger partial charge in [-0.25, -0.2) is 0 Å². The molecule has 0 amide bonds. The molecule has 0 aromatic rings. The molecule has 0 aliphatic carbocycles. The molecule has 0 heterocycles. The van der Waals surface area contributed by atoms with E-state index in [-0.39, 0.29) is 19.4 Å². The molecule has 0 aromatic carbocycles. The second kappa shape index (κ2) is 3110. The average Bonchev–Trinajstić information content (AvgIpc) is 1.46. The molecule has 0 rings (SSSR count). The Morgan fingerprint density at radius 3 is 1.57 bits per heavy atom. The third kappa shape index (κ3) is 75.4. The van der Waals surface area contributed by atoms with Crippen LogP contribution in [0, 0.1) is 6.65 Å². The summed E-state index contributed by atoms with van der Waals surface area (Å²) in [6.07, 6.45) is 0. The summed E-state index contributed by atoms with van der Waals surface area (Å²) < 4.78 is 7.50. The number of carbonyl (C=O) groups is 1. The van der Waals surface area contributed by atoms with Crippen molar-refractivity contribution >= 4 is 6.47 Å². The summed E-state index contributed by atoms with van der Waals surface area (Å²) in [6.45, 7) is 4.25. The first-order valence-electron chi connectivity index (χ1n) is 0.698. The van der Waals surface area contributed by atoms with E-state index in [1.165, 1.54) is 0 Å². The fraction of sp³-hybridized carbons (Fsp3) is 0.333. The number of hydrogen-bond donors (Lipinski definition) is 1. The zero-order valence-electron chi connectivity index (χ0n) is 2.84. The van der Waals surface area contributed by atoms with Crippen LogP contribution in [0.5, 0.6) is 0 Å². The molecule has 7 heavy (non-hydrogen) atoms. The molecule has 4 heteroatoms. The van der Waals surface area contributed by atoms with Crippen molar-refractivity contribution < 1.29 is 20.0 Å². The molecule has 0 atom stereocenters. The quantitative estimate of drug-likeness (QED) is 0.257. The Balaban J connectivity index is -0.0000000105. The Hall–Kier alpha value is -0.830. The molecule has 3 N–H and O–H groups in total. The molecule has 0 saturated carbocycles. The average molecular weight is 108 g/mol. The van der Waals surface area contributed by atoms with Gasteiger partial charge in [0.25, 0.3) is 6.47 Å². The van der Waals surface area contributed by atoms with Crippen LogP contribution in [0.1, 0.15) is 7.43 Å². The minimum atomic E-state index is -0.250. The molecule has 4 nitrogen and oxygen atoms in total. The number of hydrogen-bond acceptors (Lipinski definition) is 1. The van der Waals surface area contributed by atoms with Gasteiger partial charge < -0.3 is 10.6 Å². The van der Waals surface area contributed by atoms with Crippen LogP contribution in [0.4, 0.5) is 0 Å². The standard InChI is InChI=1S/CH2O2.CO.CH4.H2O/c2-1-3;1-2;;/h1H,(H,2,3);;1H4;1H2. The zero-order chi connectivity index (χ0) is 4.71. The van der Waals surface area contributed by atoms with Gasteiger partial charge in [-0.3, -0.25) is 4.79 Å². The van der Waals surface area contributed by atoms with Gasteiger partial charge in [0.05, 0.1) is 0 Å². The second-order valence-electron chi connectivity index (χ2n) is 0.105. The molecule has 0 fully saturated rings. The van der Waals surface area contributed by atoms with Crippen LogP contribution in [0.2, 0.25) is 0 Å². The van der Waals surface area contributed by atoms with Crippen LogP contribution in [-0.4, -0.2) is 17.1 Å². The van der Waals surface area contributed by atoms with Crippen molar-refractivity contribution in [3.63, 3.8) is 0 Å². The molecule has 0 saturated heterocycles. The molecular weight excluding hydrogens is 100 g/mol. The monoisotopic (exact) mass is 108 g/mol. The maximum absolute atomic E-state index is 8.36. The van der Waals surface area contributed by atoms with E-state index >= 15 is 0 Å². The van der Waals surface area contributed by atoms with Gasteiger partial charge in [0.15, 0.2) is 0 Å². The van der Waals surface area contributed by atoms with E-state index in [9.17, 15) is 0 Å². The normalized spacial score (nSPS) is 2.00. The predicted octanol–water partition coefficient (Wildman–Crippen LogP) is -0.525. The molecule has 44 valence electrons. The van der Waals surface area contributed by atoms with Crippen molar-refractivity contribution in [3.05, 3.63) is 6.65 Å². The van der Waals surface area contributed by atoms with Gasteiger partial charge in [-0.15, -0.1) is 0 Å². The zero-order valence-corrected chi connectivity index (χ0v) is 2.84. The van der Waals surface area contributed by atoms with Crippen LogP contribution in [0.15, 0.2) is 0 Å². The third-order valence-corrected chi connectivity index (χ3v) is 0. The van der Waals surface area contributed by atoms with Crippen LogP contribution in [0.3, 0.4) is 0 Å². The van der Waals surface area contributed by atoms with Crippen LogP contribution >= 0.6 is 0 Å². The van der Waals surface area contributed by atoms with Gasteiger partial charge in [-0.1, -0.05) is 7.43 Å². The van der Waals surface area contributed by atoms with Crippen molar-refractivity contribution in [2.45, 2.75) is 7.43 Å². The van der Waals surface area contributed by atoms with Crippen molar-refractivity contribution in [1.82, 2.24) is 0 Å². The van der Waals surface area contributed by atoms with Gasteiger partial charge in [0.1, 0.15) is 0 Å². The van der Waals surface area contributed by atoms with Crippen LogP contribution < -0.4 is 0 Å². The Morgan fingerprint density at radius 1 is 1.57 bits per heavy atom. The molecular formula is C3H8O4. The first-order valence-corrected chi connectivity index (χ1v) is 0.698. The van der Waals surface area contributed by atoms with Crippen molar-refractivity contribution in [3.8, 4) is 0 Å². The summed E-state index contributed by atoms with van der Waals surface area (Å²) in [5.74, 6) is 0. The molecule has 0 aliphatic rings. The fourth-order valence-electron chi connectivity index (χ4n) is 0. The van der Waals surface area contributed by atoms with E-state index in [1.807, 2.05) is 0 Å². The van der Waals surface area contributed by atoms with E-state index in [2.05, 4.69) is 6.65 Å². The first-order chi connectivity index (χ1) is 2.41. The number of rotatable bonds is 0. The van der Waals surface area contributed by atoms with Crippen LogP contribution in [-0.2, 0) is 9.45 Å². The second-order valence-corrected chi connectivity index (χ2v) is 0.105. The first kappa shape index (κ1) is 35.0. The van der Waals surface area contributed by atoms with Gasteiger partial charge in [-0.05, 0) is 0 Å². The molecule has 0 radical (unpaired) electrons. The molecule has 0 aliphatic heterocycles. The fourth-order valence-corrected chi connectivity index (χ4v) is 0. The summed E-state index contributed by atoms with van der Waals surface area (Å²) in [5, 5.41) is 6.89. The van der Waals surface area contributed by atoms with E-state index in [4.69, 9.17) is 14.6 Å². The maximum atomic E-state index is 8.36. The van der Waals surface area contributed by atoms with Crippen molar-refractivity contribution in [2.24, 2.45) is 0 Å². The minimum absolute atomic E-state index is 0. The molecule has 0 aromatic heterocycles. The van der Waals surface area contributed by atoms with E-state index < -0.39 is 0 Å². The summed E-state index contributed by atoms with van der Waals surface area (Å²) in [7, 11) is 0. The molecule has 0 bridgehead atoms. The summed E-state index contributed by atoms with van der Waals surface area (Å²) in [6, 6.07) is 0. The Kier molecular flexibility index (Phi) is 15600. The van der Waals surface area contributed by atoms with Crippen molar-refractivity contribution in [2.75, 3.05) is 0 Å². The topological polar surface area (TPSA) is 88.7 Å². The number of carboxylic acid groups (broad SMARTS) is 1. The predicted molar refractivity (Wildman–Crippen MR) is 23.0 cm³/mol. The van der Waals surface area contributed by atoms with E-state index in [1.54, 1.807) is 0 Å². The van der Waals surface area contributed by atoms with E-state index in [0.29, 0.717) is 0 Å².